The molecule has 3 heteroatoms. The lowest BCUT2D eigenvalue weighted by atomic mass is 9.87. The Morgan fingerprint density at radius 2 is 1.76 bits per heavy atom. The zero-order valence-corrected chi connectivity index (χ0v) is 11.9. The molecule has 2 rings (SSSR count). The van der Waals surface area contributed by atoms with Gasteiger partial charge in [0.25, 0.3) is 0 Å². The van der Waals surface area contributed by atoms with Gasteiger partial charge >= 0.3 is 0 Å². The smallest absolute Gasteiger partial charge is 0.0145 e. The maximum absolute atomic E-state index is 3.46. The van der Waals surface area contributed by atoms with Crippen molar-refractivity contribution in [3.63, 3.8) is 0 Å². The minimum Gasteiger partial charge on any atom is -0.317 e. The average Bonchev–Trinajstić information content (AvgIpc) is 2.29. The molecule has 2 heterocycles. The average molecular weight is 239 g/mol. The van der Waals surface area contributed by atoms with Crippen LogP contribution in [0.25, 0.3) is 0 Å². The Morgan fingerprint density at radius 3 is 2.35 bits per heavy atom. The topological polar surface area (TPSA) is 18.5 Å². The lowest BCUT2D eigenvalue weighted by Gasteiger charge is -2.46. The number of nitrogens with zero attached hydrogens (tertiary/aromatic N) is 2. The highest BCUT2D eigenvalue weighted by Gasteiger charge is 2.33. The van der Waals surface area contributed by atoms with Crippen molar-refractivity contribution in [2.24, 2.45) is 11.8 Å². The molecule has 2 aliphatic rings. The SMILES string of the molecule is CNC1CCN(C2CCN(C)CC2C)CC1C. The third kappa shape index (κ3) is 3.01. The summed E-state index contributed by atoms with van der Waals surface area (Å²) in [4.78, 5) is 5.24. The quantitative estimate of drug-likeness (QED) is 0.782. The Balaban J connectivity index is 1.91. The Morgan fingerprint density at radius 1 is 1.00 bits per heavy atom. The summed E-state index contributed by atoms with van der Waals surface area (Å²) < 4.78 is 0. The molecule has 0 aliphatic carbocycles. The van der Waals surface area contributed by atoms with Crippen LogP contribution in [0.4, 0.5) is 0 Å². The molecule has 0 aromatic carbocycles. The first-order valence-corrected chi connectivity index (χ1v) is 7.21. The van der Waals surface area contributed by atoms with Gasteiger partial charge in [-0.1, -0.05) is 13.8 Å². The van der Waals surface area contributed by atoms with Gasteiger partial charge in [0.05, 0.1) is 0 Å². The van der Waals surface area contributed by atoms with Gasteiger partial charge in [0.15, 0.2) is 0 Å². The molecule has 4 atom stereocenters. The molecule has 3 nitrogen and oxygen atoms in total. The molecule has 0 aromatic rings. The van der Waals surface area contributed by atoms with Crippen LogP contribution in [-0.2, 0) is 0 Å². The molecule has 1 N–H and O–H groups in total. The van der Waals surface area contributed by atoms with E-state index in [4.69, 9.17) is 0 Å². The zero-order chi connectivity index (χ0) is 12.4. The fourth-order valence-corrected chi connectivity index (χ4v) is 3.79. The molecule has 2 aliphatic heterocycles. The molecule has 2 fully saturated rings. The maximum Gasteiger partial charge on any atom is 0.0145 e. The molecule has 0 amide bonds. The molecule has 17 heavy (non-hydrogen) atoms. The van der Waals surface area contributed by atoms with Crippen molar-refractivity contribution in [3.05, 3.63) is 0 Å². The first-order valence-electron chi connectivity index (χ1n) is 7.21. The van der Waals surface area contributed by atoms with Crippen molar-refractivity contribution in [1.82, 2.24) is 15.1 Å². The van der Waals surface area contributed by atoms with Gasteiger partial charge in [-0.2, -0.15) is 0 Å². The monoisotopic (exact) mass is 239 g/mol. The molecule has 0 aromatic heterocycles. The van der Waals surface area contributed by atoms with E-state index in [1.165, 1.54) is 39.0 Å². The van der Waals surface area contributed by atoms with Crippen LogP contribution in [0, 0.1) is 11.8 Å². The first-order chi connectivity index (χ1) is 8.11. The minimum atomic E-state index is 0.729. The van der Waals surface area contributed by atoms with Crippen LogP contribution in [0.1, 0.15) is 26.7 Å². The van der Waals surface area contributed by atoms with Gasteiger partial charge in [-0.25, -0.2) is 0 Å². The van der Waals surface area contributed by atoms with E-state index in [0.717, 1.165) is 23.9 Å². The lowest BCUT2D eigenvalue weighted by Crippen LogP contribution is -2.55. The Labute approximate surface area is 107 Å². The summed E-state index contributed by atoms with van der Waals surface area (Å²) in [5, 5.41) is 3.46. The van der Waals surface area contributed by atoms with E-state index < -0.39 is 0 Å². The lowest BCUT2D eigenvalue weighted by molar-refractivity contribution is 0.0372. The fourth-order valence-electron chi connectivity index (χ4n) is 3.79. The molecule has 0 saturated carbocycles. The first kappa shape index (κ1) is 13.3. The summed E-state index contributed by atoms with van der Waals surface area (Å²) in [6, 6.07) is 1.55. The highest BCUT2D eigenvalue weighted by Crippen LogP contribution is 2.26. The van der Waals surface area contributed by atoms with E-state index in [1.54, 1.807) is 0 Å². The van der Waals surface area contributed by atoms with Crippen LogP contribution >= 0.6 is 0 Å². The summed E-state index contributed by atoms with van der Waals surface area (Å²) in [7, 11) is 4.36. The van der Waals surface area contributed by atoms with Gasteiger partial charge in [0.1, 0.15) is 0 Å². The summed E-state index contributed by atoms with van der Waals surface area (Å²) in [5.41, 5.74) is 0. The van der Waals surface area contributed by atoms with Crippen LogP contribution in [0.2, 0.25) is 0 Å². The van der Waals surface area contributed by atoms with E-state index >= 15 is 0 Å². The molecule has 0 radical (unpaired) electrons. The van der Waals surface area contributed by atoms with E-state index in [9.17, 15) is 0 Å². The second-order valence-electron chi connectivity index (χ2n) is 6.25. The molecule has 4 unspecified atom stereocenters. The van der Waals surface area contributed by atoms with Crippen molar-refractivity contribution in [3.8, 4) is 0 Å². The summed E-state index contributed by atoms with van der Waals surface area (Å²) in [5.74, 6) is 1.62. The molecular formula is C14H29N3. The second-order valence-corrected chi connectivity index (χ2v) is 6.25. The normalized spacial score (nSPS) is 41.6. The molecule has 100 valence electrons. The Hall–Kier alpha value is -0.120. The Bertz CT molecular complexity index is 244. The highest BCUT2D eigenvalue weighted by molar-refractivity contribution is 4.89. The predicted molar refractivity (Wildman–Crippen MR) is 73.3 cm³/mol. The van der Waals surface area contributed by atoms with E-state index in [-0.39, 0.29) is 0 Å². The molecule has 0 bridgehead atoms. The van der Waals surface area contributed by atoms with Gasteiger partial charge in [-0.15, -0.1) is 0 Å². The summed E-state index contributed by atoms with van der Waals surface area (Å²) >= 11 is 0. The van der Waals surface area contributed by atoms with Crippen molar-refractivity contribution in [1.29, 1.82) is 0 Å². The van der Waals surface area contributed by atoms with E-state index in [1.807, 2.05) is 0 Å². The summed E-state index contributed by atoms with van der Waals surface area (Å²) in [6.07, 6.45) is 2.67. The zero-order valence-electron chi connectivity index (χ0n) is 11.9. The molecule has 2 saturated heterocycles. The third-order valence-corrected chi connectivity index (χ3v) is 4.84. The van der Waals surface area contributed by atoms with Gasteiger partial charge in [0.2, 0.25) is 0 Å². The van der Waals surface area contributed by atoms with Crippen molar-refractivity contribution in [2.45, 2.75) is 38.8 Å². The molecule has 0 spiro atoms. The van der Waals surface area contributed by atoms with Gasteiger partial charge in [-0.05, 0) is 51.9 Å². The highest BCUT2D eigenvalue weighted by atomic mass is 15.2. The van der Waals surface area contributed by atoms with Crippen LogP contribution in [0.15, 0.2) is 0 Å². The second kappa shape index (κ2) is 5.68. The minimum absolute atomic E-state index is 0.729. The number of hydrogen-bond acceptors (Lipinski definition) is 3. The van der Waals surface area contributed by atoms with E-state index in [0.29, 0.717) is 0 Å². The molecular weight excluding hydrogens is 210 g/mol. The number of hydrogen-bond donors (Lipinski definition) is 1. The van der Waals surface area contributed by atoms with Crippen LogP contribution in [-0.4, -0.2) is 62.2 Å². The van der Waals surface area contributed by atoms with Gasteiger partial charge in [0, 0.05) is 25.2 Å². The number of rotatable bonds is 2. The van der Waals surface area contributed by atoms with Gasteiger partial charge in [-0.3, -0.25) is 4.90 Å². The van der Waals surface area contributed by atoms with Crippen LogP contribution in [0.5, 0.6) is 0 Å². The Kier molecular flexibility index (Phi) is 4.45. The summed E-state index contributed by atoms with van der Waals surface area (Å²) in [6.45, 7) is 9.93. The van der Waals surface area contributed by atoms with Crippen molar-refractivity contribution >= 4 is 0 Å². The van der Waals surface area contributed by atoms with Gasteiger partial charge < -0.3 is 10.2 Å². The predicted octanol–water partition coefficient (Wildman–Crippen LogP) is 1.26. The number of likely N-dealkylation sites (tertiary alicyclic amines) is 2. The maximum atomic E-state index is 3.46. The fraction of sp³-hybridized carbons (Fsp3) is 1.00. The van der Waals surface area contributed by atoms with E-state index in [2.05, 4.69) is 43.1 Å². The standard InChI is InChI=1S/C14H29N3/c1-11-10-17(8-5-13(11)15-3)14-6-7-16(4)9-12(14)2/h11-15H,5-10H2,1-4H3. The van der Waals surface area contributed by atoms with Crippen molar-refractivity contribution < 1.29 is 0 Å². The number of nitrogens with one attached hydrogen (secondary N) is 1. The number of piperidine rings is 2. The van der Waals surface area contributed by atoms with Crippen LogP contribution in [0.3, 0.4) is 0 Å². The largest absolute Gasteiger partial charge is 0.317 e. The van der Waals surface area contributed by atoms with Crippen molar-refractivity contribution in [2.75, 3.05) is 40.3 Å². The van der Waals surface area contributed by atoms with Crippen LogP contribution < -0.4 is 5.32 Å². The third-order valence-electron chi connectivity index (χ3n) is 4.84.